The lowest BCUT2D eigenvalue weighted by molar-refractivity contribution is 0.626. The number of hydrogen-bond donors (Lipinski definition) is 1. The van der Waals surface area contributed by atoms with Crippen molar-refractivity contribution in [2.75, 3.05) is 0 Å². The number of hydrogen-bond acceptors (Lipinski definition) is 2. The van der Waals surface area contributed by atoms with Gasteiger partial charge < -0.3 is 5.73 Å². The number of halogens is 3. The van der Waals surface area contributed by atoms with E-state index in [1.165, 1.54) is 12.1 Å². The lowest BCUT2D eigenvalue weighted by Gasteiger charge is -2.14. The fourth-order valence-electron chi connectivity index (χ4n) is 1.59. The molecule has 0 saturated heterocycles. The van der Waals surface area contributed by atoms with Crippen LogP contribution in [0.15, 0.2) is 29.1 Å². The van der Waals surface area contributed by atoms with E-state index in [4.69, 9.17) is 17.3 Å². The first kappa shape index (κ1) is 12.5. The van der Waals surface area contributed by atoms with Crippen molar-refractivity contribution in [2.45, 2.75) is 13.0 Å². The fourth-order valence-corrected chi connectivity index (χ4v) is 2.63. The third kappa shape index (κ3) is 2.36. The molecule has 2 N–H and O–H groups in total. The van der Waals surface area contributed by atoms with Crippen LogP contribution in [0.5, 0.6) is 0 Å². The highest BCUT2D eigenvalue weighted by Crippen LogP contribution is 2.31. The van der Waals surface area contributed by atoms with Gasteiger partial charge in [0.25, 0.3) is 0 Å². The Morgan fingerprint density at radius 3 is 2.82 bits per heavy atom. The van der Waals surface area contributed by atoms with Crippen molar-refractivity contribution in [3.05, 3.63) is 45.7 Å². The predicted octanol–water partition coefficient (Wildman–Crippen LogP) is 3.45. The molecule has 1 aromatic carbocycles. The second-order valence-electron chi connectivity index (χ2n) is 3.70. The van der Waals surface area contributed by atoms with E-state index in [-0.39, 0.29) is 6.04 Å². The Balaban J connectivity index is 2.64. The highest BCUT2D eigenvalue weighted by atomic mass is 79.9. The first-order valence-corrected chi connectivity index (χ1v) is 6.10. The van der Waals surface area contributed by atoms with Crippen molar-refractivity contribution in [2.24, 2.45) is 5.73 Å². The van der Waals surface area contributed by atoms with Gasteiger partial charge in [-0.15, -0.1) is 0 Å². The zero-order valence-corrected chi connectivity index (χ0v) is 11.3. The van der Waals surface area contributed by atoms with Crippen molar-refractivity contribution in [3.63, 3.8) is 0 Å². The van der Waals surface area contributed by atoms with E-state index in [1.54, 1.807) is 17.1 Å². The van der Waals surface area contributed by atoms with Gasteiger partial charge in [-0.3, -0.25) is 4.57 Å². The van der Waals surface area contributed by atoms with E-state index < -0.39 is 5.82 Å². The second-order valence-corrected chi connectivity index (χ2v) is 4.96. The van der Waals surface area contributed by atoms with Gasteiger partial charge in [0.2, 0.25) is 0 Å². The van der Waals surface area contributed by atoms with Gasteiger partial charge in [-0.25, -0.2) is 9.37 Å². The molecule has 6 heteroatoms. The van der Waals surface area contributed by atoms with Gasteiger partial charge >= 0.3 is 0 Å². The summed E-state index contributed by atoms with van der Waals surface area (Å²) in [6.45, 7) is 1.85. The van der Waals surface area contributed by atoms with Crippen LogP contribution in [0, 0.1) is 5.82 Å². The number of imidazole rings is 1. The summed E-state index contributed by atoms with van der Waals surface area (Å²) in [6.07, 6.45) is 3.26. The Morgan fingerprint density at radius 2 is 2.24 bits per heavy atom. The van der Waals surface area contributed by atoms with E-state index in [2.05, 4.69) is 20.9 Å². The second kappa shape index (κ2) is 4.76. The van der Waals surface area contributed by atoms with Crippen LogP contribution >= 0.6 is 27.5 Å². The van der Waals surface area contributed by atoms with Crippen molar-refractivity contribution < 1.29 is 4.39 Å². The van der Waals surface area contributed by atoms with E-state index in [9.17, 15) is 4.39 Å². The molecule has 0 fully saturated rings. The van der Waals surface area contributed by atoms with Gasteiger partial charge in [0.15, 0.2) is 0 Å². The molecule has 0 spiro atoms. The van der Waals surface area contributed by atoms with E-state index in [0.717, 1.165) is 5.69 Å². The summed E-state index contributed by atoms with van der Waals surface area (Å²) in [7, 11) is 0. The predicted molar refractivity (Wildman–Crippen MR) is 68.8 cm³/mol. The van der Waals surface area contributed by atoms with Crippen LogP contribution in [0.1, 0.15) is 18.7 Å². The summed E-state index contributed by atoms with van der Waals surface area (Å²) in [4.78, 5) is 4.03. The number of nitrogens with two attached hydrogens (primary N) is 1. The van der Waals surface area contributed by atoms with Gasteiger partial charge in [-0.05, 0) is 35.0 Å². The molecule has 1 atom stereocenters. The zero-order valence-electron chi connectivity index (χ0n) is 8.99. The smallest absolute Gasteiger partial charge is 0.125 e. The Morgan fingerprint density at radius 1 is 1.53 bits per heavy atom. The van der Waals surface area contributed by atoms with Crippen LogP contribution < -0.4 is 5.73 Å². The van der Waals surface area contributed by atoms with Gasteiger partial charge in [-0.2, -0.15) is 0 Å². The van der Waals surface area contributed by atoms with Gasteiger partial charge in [-0.1, -0.05) is 11.6 Å². The Bertz CT molecular complexity index is 530. The first-order valence-electron chi connectivity index (χ1n) is 4.93. The van der Waals surface area contributed by atoms with E-state index >= 15 is 0 Å². The third-order valence-electron chi connectivity index (χ3n) is 2.36. The van der Waals surface area contributed by atoms with Crippen LogP contribution in [0.25, 0.3) is 5.69 Å². The lowest BCUT2D eigenvalue weighted by Crippen LogP contribution is -2.11. The molecule has 1 aromatic heterocycles. The van der Waals surface area contributed by atoms with Crippen molar-refractivity contribution >= 4 is 27.5 Å². The maximum atomic E-state index is 13.1. The van der Waals surface area contributed by atoms with Crippen LogP contribution in [-0.2, 0) is 0 Å². The summed E-state index contributed by atoms with van der Waals surface area (Å²) in [6, 6.07) is 2.42. The quantitative estimate of drug-likeness (QED) is 0.921. The number of rotatable bonds is 2. The monoisotopic (exact) mass is 317 g/mol. The number of nitrogens with zero attached hydrogens (tertiary/aromatic N) is 2. The molecular weight excluding hydrogens is 308 g/mol. The van der Waals surface area contributed by atoms with Gasteiger partial charge in [0, 0.05) is 10.5 Å². The number of benzene rings is 1. The molecule has 0 radical (unpaired) electrons. The first-order chi connectivity index (χ1) is 8.00. The SMILES string of the molecule is C[C@H](N)c1cncn1-c1c(Cl)cc(F)cc1Br. The summed E-state index contributed by atoms with van der Waals surface area (Å²) >= 11 is 9.33. The minimum atomic E-state index is -0.395. The van der Waals surface area contributed by atoms with E-state index in [1.807, 2.05) is 6.92 Å². The van der Waals surface area contributed by atoms with Crippen LogP contribution in [0.2, 0.25) is 5.02 Å². The summed E-state index contributed by atoms with van der Waals surface area (Å²) in [5.41, 5.74) is 7.27. The molecule has 3 nitrogen and oxygen atoms in total. The summed E-state index contributed by atoms with van der Waals surface area (Å²) in [5.74, 6) is -0.395. The standard InChI is InChI=1S/C11H10BrClFN3/c1-6(15)10-4-16-5-17(10)11-8(12)2-7(14)3-9(11)13/h2-6H,15H2,1H3/t6-/m0/s1. The summed E-state index contributed by atoms with van der Waals surface area (Å²) in [5, 5.41) is 0.303. The molecule has 1 heterocycles. The zero-order chi connectivity index (χ0) is 12.6. The molecule has 0 unspecified atom stereocenters. The maximum Gasteiger partial charge on any atom is 0.125 e. The van der Waals surface area contributed by atoms with E-state index in [0.29, 0.717) is 15.2 Å². The molecule has 0 aliphatic rings. The minimum Gasteiger partial charge on any atom is -0.323 e. The minimum absolute atomic E-state index is 0.189. The highest BCUT2D eigenvalue weighted by Gasteiger charge is 2.15. The largest absolute Gasteiger partial charge is 0.323 e. The van der Waals surface area contributed by atoms with Crippen molar-refractivity contribution in [1.82, 2.24) is 9.55 Å². The molecule has 0 amide bonds. The normalized spacial score (nSPS) is 12.8. The fraction of sp³-hybridized carbons (Fsp3) is 0.182. The molecule has 0 aliphatic carbocycles. The Kier molecular flexibility index (Phi) is 3.51. The third-order valence-corrected chi connectivity index (χ3v) is 3.25. The lowest BCUT2D eigenvalue weighted by atomic mass is 10.2. The van der Waals surface area contributed by atoms with Crippen LogP contribution in [0.4, 0.5) is 4.39 Å². The molecule has 2 rings (SSSR count). The molecule has 0 bridgehead atoms. The van der Waals surface area contributed by atoms with Crippen LogP contribution in [-0.4, -0.2) is 9.55 Å². The topological polar surface area (TPSA) is 43.8 Å². The molecule has 90 valence electrons. The van der Waals surface area contributed by atoms with Crippen LogP contribution in [0.3, 0.4) is 0 Å². The molecule has 2 aromatic rings. The Labute approximate surface area is 112 Å². The average molecular weight is 319 g/mol. The van der Waals surface area contributed by atoms with Crippen molar-refractivity contribution in [1.29, 1.82) is 0 Å². The van der Waals surface area contributed by atoms with Gasteiger partial charge in [0.05, 0.1) is 28.9 Å². The molecular formula is C11H10BrClFN3. The average Bonchev–Trinajstić information content (AvgIpc) is 2.64. The molecule has 17 heavy (non-hydrogen) atoms. The summed E-state index contributed by atoms with van der Waals surface area (Å²) < 4.78 is 15.4. The maximum absolute atomic E-state index is 13.1. The highest BCUT2D eigenvalue weighted by molar-refractivity contribution is 9.10. The molecule has 0 aliphatic heterocycles. The van der Waals surface area contributed by atoms with Crippen molar-refractivity contribution in [3.8, 4) is 5.69 Å². The number of aromatic nitrogens is 2. The van der Waals surface area contributed by atoms with Gasteiger partial charge in [0.1, 0.15) is 5.82 Å². The Hall–Kier alpha value is -0.910. The molecule has 0 saturated carbocycles.